The monoisotopic (exact) mass is 292 g/mol. The van der Waals surface area contributed by atoms with Crippen LogP contribution in [0.1, 0.15) is 6.92 Å². The van der Waals surface area contributed by atoms with Crippen LogP contribution in [0.25, 0.3) is 0 Å². The number of ether oxygens (including phenoxy) is 2. The molecule has 1 fully saturated rings. The molecule has 1 atom stereocenters. The molecule has 114 valence electrons. The van der Waals surface area contributed by atoms with Crippen molar-refractivity contribution >= 4 is 11.8 Å². The van der Waals surface area contributed by atoms with Crippen molar-refractivity contribution in [3.05, 3.63) is 0 Å². The smallest absolute Gasteiger partial charge is 0.0897 e. The van der Waals surface area contributed by atoms with Crippen molar-refractivity contribution < 1.29 is 14.6 Å². The number of hydrogen-bond acceptors (Lipinski definition) is 6. The van der Waals surface area contributed by atoms with Gasteiger partial charge < -0.3 is 24.8 Å². The Labute approximate surface area is 121 Å². The van der Waals surface area contributed by atoms with Crippen molar-refractivity contribution in [2.75, 3.05) is 70.7 Å². The lowest BCUT2D eigenvalue weighted by Crippen LogP contribution is -2.40. The summed E-state index contributed by atoms with van der Waals surface area (Å²) in [6.07, 6.45) is -0.432. The number of aliphatic hydroxyl groups is 1. The van der Waals surface area contributed by atoms with Crippen LogP contribution in [0.4, 0.5) is 0 Å². The second-order valence-corrected chi connectivity index (χ2v) is 5.81. The van der Waals surface area contributed by atoms with Crippen molar-refractivity contribution in [1.82, 2.24) is 10.2 Å². The Balaban J connectivity index is 1.85. The fourth-order valence-electron chi connectivity index (χ4n) is 1.87. The molecule has 19 heavy (non-hydrogen) atoms. The highest BCUT2D eigenvalue weighted by Gasteiger charge is 2.09. The Kier molecular flexibility index (Phi) is 10.8. The van der Waals surface area contributed by atoms with Gasteiger partial charge in [0.2, 0.25) is 0 Å². The molecule has 0 radical (unpaired) electrons. The summed E-state index contributed by atoms with van der Waals surface area (Å²) in [5, 5.41) is 13.0. The van der Waals surface area contributed by atoms with Gasteiger partial charge in [0.15, 0.2) is 0 Å². The van der Waals surface area contributed by atoms with E-state index in [2.05, 4.69) is 10.2 Å². The molecule has 0 aromatic rings. The summed E-state index contributed by atoms with van der Waals surface area (Å²) in [6.45, 7) is 9.17. The van der Waals surface area contributed by atoms with Crippen molar-refractivity contribution in [2.45, 2.75) is 13.0 Å². The van der Waals surface area contributed by atoms with E-state index in [-0.39, 0.29) is 0 Å². The molecule has 1 aliphatic heterocycles. The highest BCUT2D eigenvalue weighted by molar-refractivity contribution is 7.99. The van der Waals surface area contributed by atoms with Gasteiger partial charge in [0.05, 0.1) is 25.9 Å². The largest absolute Gasteiger partial charge is 0.389 e. The van der Waals surface area contributed by atoms with Gasteiger partial charge in [0.25, 0.3) is 0 Å². The highest BCUT2D eigenvalue weighted by atomic mass is 32.2. The summed E-state index contributed by atoms with van der Waals surface area (Å²) < 4.78 is 10.5. The van der Waals surface area contributed by atoms with E-state index in [0.717, 1.165) is 13.1 Å². The highest BCUT2D eigenvalue weighted by Crippen LogP contribution is 2.07. The predicted octanol–water partition coefficient (Wildman–Crippen LogP) is 0.0388. The molecular weight excluding hydrogens is 264 g/mol. The Bertz CT molecular complexity index is 204. The van der Waals surface area contributed by atoms with Crippen molar-refractivity contribution in [3.8, 4) is 0 Å². The maximum Gasteiger partial charge on any atom is 0.0897 e. The van der Waals surface area contributed by atoms with Crippen LogP contribution >= 0.6 is 11.8 Å². The van der Waals surface area contributed by atoms with Crippen LogP contribution in [0.5, 0.6) is 0 Å². The molecule has 2 N–H and O–H groups in total. The molecule has 1 saturated heterocycles. The first-order chi connectivity index (χ1) is 9.33. The molecule has 5 nitrogen and oxygen atoms in total. The van der Waals surface area contributed by atoms with Gasteiger partial charge in [-0.3, -0.25) is 0 Å². The molecule has 0 aliphatic carbocycles. The second-order valence-electron chi connectivity index (χ2n) is 4.58. The average Bonchev–Trinajstić information content (AvgIpc) is 2.44. The summed E-state index contributed by atoms with van der Waals surface area (Å²) in [4.78, 5) is 2.47. The zero-order chi connectivity index (χ0) is 13.8. The van der Waals surface area contributed by atoms with E-state index in [9.17, 15) is 5.11 Å². The Morgan fingerprint density at radius 3 is 2.74 bits per heavy atom. The van der Waals surface area contributed by atoms with Gasteiger partial charge in [-0.15, -0.1) is 0 Å². The van der Waals surface area contributed by atoms with Crippen LogP contribution in [0.3, 0.4) is 0 Å². The standard InChI is InChI=1S/C13H28N2O3S/c1-2-17-7-8-18-12-13(16)11-14-3-4-15-5-9-19-10-6-15/h13-14,16H,2-12H2,1H3. The third-order valence-corrected chi connectivity index (χ3v) is 3.92. The summed E-state index contributed by atoms with van der Waals surface area (Å²) in [5.74, 6) is 2.49. The van der Waals surface area contributed by atoms with E-state index in [4.69, 9.17) is 9.47 Å². The minimum Gasteiger partial charge on any atom is -0.389 e. The van der Waals surface area contributed by atoms with Crippen molar-refractivity contribution in [1.29, 1.82) is 0 Å². The normalized spacial score (nSPS) is 18.6. The molecule has 1 aliphatic rings. The summed E-state index contributed by atoms with van der Waals surface area (Å²) in [7, 11) is 0. The van der Waals surface area contributed by atoms with E-state index in [0.29, 0.717) is 33.0 Å². The number of nitrogens with zero attached hydrogens (tertiary/aromatic N) is 1. The summed E-state index contributed by atoms with van der Waals surface area (Å²) >= 11 is 2.03. The summed E-state index contributed by atoms with van der Waals surface area (Å²) in [6, 6.07) is 0. The van der Waals surface area contributed by atoms with Gasteiger partial charge in [0.1, 0.15) is 0 Å². The quantitative estimate of drug-likeness (QED) is 0.525. The minimum absolute atomic E-state index is 0.375. The van der Waals surface area contributed by atoms with Crippen molar-refractivity contribution in [2.24, 2.45) is 0 Å². The van der Waals surface area contributed by atoms with Crippen molar-refractivity contribution in [3.63, 3.8) is 0 Å². The zero-order valence-electron chi connectivity index (χ0n) is 12.0. The lowest BCUT2D eigenvalue weighted by molar-refractivity contribution is 0.00644. The van der Waals surface area contributed by atoms with E-state index in [1.807, 2.05) is 18.7 Å². The lowest BCUT2D eigenvalue weighted by atomic mass is 10.3. The molecule has 1 rings (SSSR count). The molecule has 0 aromatic heterocycles. The van der Waals surface area contributed by atoms with Gasteiger partial charge in [-0.2, -0.15) is 11.8 Å². The molecular formula is C13H28N2O3S. The van der Waals surface area contributed by atoms with Gasteiger partial charge in [-0.05, 0) is 6.92 Å². The van der Waals surface area contributed by atoms with E-state index < -0.39 is 6.10 Å². The van der Waals surface area contributed by atoms with Gasteiger partial charge in [0, 0.05) is 50.8 Å². The Morgan fingerprint density at radius 1 is 1.26 bits per heavy atom. The third-order valence-electron chi connectivity index (χ3n) is 2.97. The topological polar surface area (TPSA) is 54.0 Å². The van der Waals surface area contributed by atoms with Gasteiger partial charge >= 0.3 is 0 Å². The number of thioether (sulfide) groups is 1. The Morgan fingerprint density at radius 2 is 2.00 bits per heavy atom. The average molecular weight is 292 g/mol. The molecule has 1 unspecified atom stereocenters. The molecule has 0 aromatic carbocycles. The molecule has 0 amide bonds. The number of nitrogens with one attached hydrogen (secondary N) is 1. The fourth-order valence-corrected chi connectivity index (χ4v) is 2.85. The lowest BCUT2D eigenvalue weighted by Gasteiger charge is -2.26. The second kappa shape index (κ2) is 11.9. The van der Waals surface area contributed by atoms with E-state index in [1.54, 1.807) is 0 Å². The third kappa shape index (κ3) is 9.65. The predicted molar refractivity (Wildman–Crippen MR) is 80.0 cm³/mol. The van der Waals surface area contributed by atoms with Crippen LogP contribution in [0, 0.1) is 0 Å². The SMILES string of the molecule is CCOCCOCC(O)CNCCN1CCSCC1. The number of aliphatic hydroxyl groups excluding tert-OH is 1. The molecule has 1 heterocycles. The Hall–Kier alpha value is 0.150. The molecule has 0 saturated carbocycles. The first-order valence-electron chi connectivity index (χ1n) is 7.17. The zero-order valence-corrected chi connectivity index (χ0v) is 12.8. The van der Waals surface area contributed by atoms with Gasteiger partial charge in [-0.1, -0.05) is 0 Å². The molecule has 0 bridgehead atoms. The van der Waals surface area contributed by atoms with E-state index >= 15 is 0 Å². The number of hydrogen-bond donors (Lipinski definition) is 2. The fraction of sp³-hybridized carbons (Fsp3) is 1.00. The summed E-state index contributed by atoms with van der Waals surface area (Å²) in [5.41, 5.74) is 0. The molecule has 0 spiro atoms. The first-order valence-corrected chi connectivity index (χ1v) is 8.32. The van der Waals surface area contributed by atoms with Crippen LogP contribution in [-0.2, 0) is 9.47 Å². The maximum atomic E-state index is 9.70. The van der Waals surface area contributed by atoms with Gasteiger partial charge in [-0.25, -0.2) is 0 Å². The van der Waals surface area contributed by atoms with Crippen LogP contribution in [0.15, 0.2) is 0 Å². The first kappa shape index (κ1) is 17.2. The van der Waals surface area contributed by atoms with E-state index in [1.165, 1.54) is 24.6 Å². The molecule has 6 heteroatoms. The van der Waals surface area contributed by atoms with Crippen LogP contribution < -0.4 is 5.32 Å². The van der Waals surface area contributed by atoms with Crippen LogP contribution in [-0.4, -0.2) is 86.8 Å². The van der Waals surface area contributed by atoms with Crippen LogP contribution in [0.2, 0.25) is 0 Å². The maximum absolute atomic E-state index is 9.70. The minimum atomic E-state index is -0.432. The number of rotatable bonds is 11.